The zero-order valence-corrected chi connectivity index (χ0v) is 29.7. The summed E-state index contributed by atoms with van der Waals surface area (Å²) in [5.74, 6) is 0.0481. The minimum atomic E-state index is -4.46. The van der Waals surface area contributed by atoms with Gasteiger partial charge < -0.3 is 16.2 Å². The number of anilines is 2. The lowest BCUT2D eigenvalue weighted by atomic mass is 10.1. The van der Waals surface area contributed by atoms with Gasteiger partial charge in [0.1, 0.15) is 16.3 Å². The molecule has 6 rings (SSSR count). The number of aryl methyl sites for hydroxylation is 4. The van der Waals surface area contributed by atoms with Gasteiger partial charge in [-0.05, 0) is 140 Å². The molecule has 0 amide bonds. The molecule has 0 aliphatic rings. The quantitative estimate of drug-likeness (QED) is 0.0621. The SMILES string of the molecule is Cc1ccc(N=Nc2ccc(N=Nc3cc(C)c(N=Nc4ccc5cc(NCc6ccc(N)cc6)ccc5c4O)cc3C)cc2C)c(S(=O)(=O)O)c1. The van der Waals surface area contributed by atoms with Crippen molar-refractivity contribution in [2.45, 2.75) is 39.1 Å². The van der Waals surface area contributed by atoms with Crippen LogP contribution in [-0.2, 0) is 16.7 Å². The molecule has 0 saturated carbocycles. The van der Waals surface area contributed by atoms with Crippen LogP contribution in [0.2, 0.25) is 0 Å². The molecule has 0 aliphatic heterocycles. The van der Waals surface area contributed by atoms with Crippen molar-refractivity contribution in [3.63, 3.8) is 0 Å². The maximum atomic E-state index is 11.8. The predicted octanol–water partition coefficient (Wildman–Crippen LogP) is 11.5. The Balaban J connectivity index is 1.14. The van der Waals surface area contributed by atoms with Gasteiger partial charge in [0.25, 0.3) is 10.1 Å². The van der Waals surface area contributed by atoms with Crippen LogP contribution in [-0.4, -0.2) is 18.1 Å². The Morgan fingerprint density at radius 2 is 1.21 bits per heavy atom. The summed E-state index contributed by atoms with van der Waals surface area (Å²) in [6, 6.07) is 30.6. The molecule has 6 aromatic rings. The van der Waals surface area contributed by atoms with E-state index in [0.29, 0.717) is 45.9 Å². The van der Waals surface area contributed by atoms with Crippen LogP contribution in [0, 0.1) is 27.7 Å². The van der Waals surface area contributed by atoms with Gasteiger partial charge in [0.05, 0.1) is 22.7 Å². The van der Waals surface area contributed by atoms with E-state index in [1.54, 1.807) is 37.3 Å². The van der Waals surface area contributed by atoms with Crippen molar-refractivity contribution in [1.29, 1.82) is 0 Å². The molecular formula is C39H36N8O4S. The van der Waals surface area contributed by atoms with Gasteiger partial charge in [-0.15, -0.1) is 10.2 Å². The molecule has 0 radical (unpaired) electrons. The number of rotatable bonds is 10. The second-order valence-electron chi connectivity index (χ2n) is 12.4. The van der Waals surface area contributed by atoms with Gasteiger partial charge in [0.2, 0.25) is 0 Å². The molecule has 5 N–H and O–H groups in total. The van der Waals surface area contributed by atoms with E-state index in [4.69, 9.17) is 5.73 Å². The molecule has 262 valence electrons. The molecule has 0 aromatic heterocycles. The van der Waals surface area contributed by atoms with E-state index in [1.807, 2.05) is 81.4 Å². The van der Waals surface area contributed by atoms with Crippen molar-refractivity contribution in [2.75, 3.05) is 11.1 Å². The second-order valence-corrected chi connectivity index (χ2v) is 13.8. The lowest BCUT2D eigenvalue weighted by molar-refractivity contribution is 0.482. The van der Waals surface area contributed by atoms with Crippen molar-refractivity contribution >= 4 is 66.4 Å². The smallest absolute Gasteiger partial charge is 0.296 e. The van der Waals surface area contributed by atoms with Crippen molar-refractivity contribution < 1.29 is 18.1 Å². The first-order valence-electron chi connectivity index (χ1n) is 16.2. The van der Waals surface area contributed by atoms with Gasteiger partial charge in [0.15, 0.2) is 5.75 Å². The Bertz CT molecular complexity index is 2510. The Morgan fingerprint density at radius 1 is 0.615 bits per heavy atom. The number of hydrogen-bond acceptors (Lipinski definition) is 11. The summed E-state index contributed by atoms with van der Waals surface area (Å²) >= 11 is 0. The number of fused-ring (bicyclic) bond motifs is 1. The van der Waals surface area contributed by atoms with Gasteiger partial charge in [0, 0.05) is 23.3 Å². The molecule has 0 saturated heterocycles. The standard InChI is InChI=1S/C39H36N8O4S/c1-23-5-14-34(38(17-23)52(49,50)51)44-43-33-16-12-31(18-24(33)2)42-46-36-19-26(4)37(20-25(36)3)47-45-35-15-8-28-21-30(11-13-32(28)39(35)48)41-22-27-6-9-29(40)10-7-27/h5-21,41,48H,22,40H2,1-4H3,(H,49,50,51). The van der Waals surface area contributed by atoms with Crippen molar-refractivity contribution in [2.24, 2.45) is 30.7 Å². The van der Waals surface area contributed by atoms with Crippen molar-refractivity contribution in [1.82, 2.24) is 0 Å². The first kappa shape index (κ1) is 35.5. The number of phenolic OH excluding ortho intramolecular Hbond substituents is 1. The molecule has 0 spiro atoms. The maximum Gasteiger partial charge on any atom is 0.296 e. The van der Waals surface area contributed by atoms with Gasteiger partial charge in [-0.3, -0.25) is 4.55 Å². The summed E-state index contributed by atoms with van der Waals surface area (Å²) in [7, 11) is -4.46. The number of nitrogens with two attached hydrogens (primary N) is 1. The van der Waals surface area contributed by atoms with E-state index in [9.17, 15) is 18.1 Å². The molecule has 0 aliphatic carbocycles. The van der Waals surface area contributed by atoms with Crippen molar-refractivity contribution in [3.8, 4) is 5.75 Å². The molecule has 52 heavy (non-hydrogen) atoms. The normalized spacial score (nSPS) is 12.1. The number of benzene rings is 6. The predicted molar refractivity (Wildman–Crippen MR) is 204 cm³/mol. The van der Waals surface area contributed by atoms with Crippen LogP contribution in [0.5, 0.6) is 5.75 Å². The molecule has 0 unspecified atom stereocenters. The molecule has 0 fully saturated rings. The molecule has 0 atom stereocenters. The van der Waals surface area contributed by atoms with Crippen LogP contribution in [0.3, 0.4) is 0 Å². The number of aromatic hydroxyl groups is 1. The van der Waals surface area contributed by atoms with E-state index in [-0.39, 0.29) is 16.3 Å². The van der Waals surface area contributed by atoms with Crippen LogP contribution >= 0.6 is 0 Å². The van der Waals surface area contributed by atoms with Gasteiger partial charge in [-0.25, -0.2) is 0 Å². The van der Waals surface area contributed by atoms with Gasteiger partial charge in [-0.1, -0.05) is 24.3 Å². The number of nitrogens with one attached hydrogen (secondary N) is 1. The summed E-state index contributed by atoms with van der Waals surface area (Å²) in [6.45, 7) is 7.99. The van der Waals surface area contributed by atoms with E-state index in [0.717, 1.165) is 39.0 Å². The average Bonchev–Trinajstić information content (AvgIpc) is 3.11. The van der Waals surface area contributed by atoms with E-state index >= 15 is 0 Å². The Labute approximate surface area is 301 Å². The summed E-state index contributed by atoms with van der Waals surface area (Å²) < 4.78 is 33.2. The number of nitrogens with zero attached hydrogens (tertiary/aromatic N) is 6. The average molecular weight is 713 g/mol. The molecule has 0 heterocycles. The number of hydrogen-bond donors (Lipinski definition) is 4. The van der Waals surface area contributed by atoms with E-state index in [2.05, 4.69) is 36.0 Å². The molecule has 6 aromatic carbocycles. The molecular weight excluding hydrogens is 677 g/mol. The number of nitrogen functional groups attached to an aromatic ring is 1. The van der Waals surface area contributed by atoms with Crippen LogP contribution in [0.4, 0.5) is 45.5 Å². The first-order valence-corrected chi connectivity index (χ1v) is 17.7. The Kier molecular flexibility index (Phi) is 10.2. The van der Waals surface area contributed by atoms with Crippen LogP contribution in [0.1, 0.15) is 27.8 Å². The fourth-order valence-electron chi connectivity index (χ4n) is 5.39. The number of azo groups is 3. The van der Waals surface area contributed by atoms with Crippen LogP contribution in [0.15, 0.2) is 139 Å². The molecule has 12 nitrogen and oxygen atoms in total. The largest absolute Gasteiger partial charge is 0.505 e. The molecule has 13 heteroatoms. The third-order valence-electron chi connectivity index (χ3n) is 8.34. The zero-order chi connectivity index (χ0) is 37.0. The minimum Gasteiger partial charge on any atom is -0.505 e. The van der Waals surface area contributed by atoms with E-state index < -0.39 is 10.1 Å². The topological polar surface area (TPSA) is 187 Å². The summed E-state index contributed by atoms with van der Waals surface area (Å²) in [6.07, 6.45) is 0. The monoisotopic (exact) mass is 712 g/mol. The Morgan fingerprint density at radius 3 is 1.90 bits per heavy atom. The highest BCUT2D eigenvalue weighted by atomic mass is 32.2. The lowest BCUT2D eigenvalue weighted by Crippen LogP contribution is -1.99. The highest BCUT2D eigenvalue weighted by Crippen LogP contribution is 2.38. The third kappa shape index (κ3) is 8.34. The maximum absolute atomic E-state index is 11.8. The summed E-state index contributed by atoms with van der Waals surface area (Å²) in [5, 5.41) is 41.9. The van der Waals surface area contributed by atoms with Gasteiger partial charge in [-0.2, -0.15) is 28.9 Å². The van der Waals surface area contributed by atoms with Gasteiger partial charge >= 0.3 is 0 Å². The molecule has 0 bridgehead atoms. The third-order valence-corrected chi connectivity index (χ3v) is 9.22. The second kappa shape index (κ2) is 14.9. The minimum absolute atomic E-state index is 0.0352. The fourth-order valence-corrected chi connectivity index (χ4v) is 6.09. The summed E-state index contributed by atoms with van der Waals surface area (Å²) in [4.78, 5) is -0.307. The van der Waals surface area contributed by atoms with Crippen molar-refractivity contribution in [3.05, 3.63) is 131 Å². The summed E-state index contributed by atoms with van der Waals surface area (Å²) in [5.41, 5.74) is 14.4. The lowest BCUT2D eigenvalue weighted by Gasteiger charge is -2.10. The first-order chi connectivity index (χ1) is 24.8. The van der Waals surface area contributed by atoms with Crippen LogP contribution < -0.4 is 11.1 Å². The van der Waals surface area contributed by atoms with Crippen LogP contribution in [0.25, 0.3) is 10.8 Å². The fraction of sp³-hybridized carbons (Fsp3) is 0.128. The number of phenols is 1. The Hall–Kier alpha value is -6.31. The highest BCUT2D eigenvalue weighted by Gasteiger charge is 2.16. The highest BCUT2D eigenvalue weighted by molar-refractivity contribution is 7.86. The van der Waals surface area contributed by atoms with E-state index in [1.165, 1.54) is 12.1 Å². The zero-order valence-electron chi connectivity index (χ0n) is 28.9.